The maximum Gasteiger partial charge on any atom is 0.264 e. The summed E-state index contributed by atoms with van der Waals surface area (Å²) in [5.74, 6) is 0.956. The normalized spacial score (nSPS) is 15.5. The fourth-order valence-corrected chi connectivity index (χ4v) is 5.77. The van der Waals surface area contributed by atoms with Crippen LogP contribution in [0, 0.1) is 5.92 Å². The van der Waals surface area contributed by atoms with E-state index in [0.29, 0.717) is 53.5 Å². The highest BCUT2D eigenvalue weighted by Gasteiger charge is 2.39. The highest BCUT2D eigenvalue weighted by molar-refractivity contribution is 9.10. The van der Waals surface area contributed by atoms with Gasteiger partial charge in [0.15, 0.2) is 0 Å². The second kappa shape index (κ2) is 8.70. The largest absolute Gasteiger partial charge is 0.494 e. The molecule has 1 aliphatic carbocycles. The summed E-state index contributed by atoms with van der Waals surface area (Å²) in [6, 6.07) is 8.46. The number of rotatable bonds is 8. The quantitative estimate of drug-likeness (QED) is 0.572. The van der Waals surface area contributed by atoms with Crippen molar-refractivity contribution < 1.29 is 22.7 Å². The predicted octanol–water partition coefficient (Wildman–Crippen LogP) is 4.35. The zero-order chi connectivity index (χ0) is 22.2. The molecule has 2 aromatic rings. The van der Waals surface area contributed by atoms with Crippen LogP contribution in [-0.4, -0.2) is 34.1 Å². The predicted molar refractivity (Wildman–Crippen MR) is 123 cm³/mol. The van der Waals surface area contributed by atoms with Gasteiger partial charge >= 0.3 is 0 Å². The lowest BCUT2D eigenvalue weighted by Crippen LogP contribution is -2.31. The Morgan fingerprint density at radius 1 is 1.16 bits per heavy atom. The Kier molecular flexibility index (Phi) is 6.16. The van der Waals surface area contributed by atoms with Crippen molar-refractivity contribution in [1.82, 2.24) is 0 Å². The van der Waals surface area contributed by atoms with E-state index in [4.69, 9.17) is 9.47 Å². The number of carbonyl (C=O) groups excluding carboxylic acids is 1. The molecule has 0 unspecified atom stereocenters. The lowest BCUT2D eigenvalue weighted by atomic mass is 10.2. The molecule has 7 nitrogen and oxygen atoms in total. The van der Waals surface area contributed by atoms with E-state index in [0.717, 1.165) is 18.4 Å². The van der Waals surface area contributed by atoms with Crippen molar-refractivity contribution in [3.05, 3.63) is 40.4 Å². The van der Waals surface area contributed by atoms with Crippen molar-refractivity contribution >= 4 is 43.2 Å². The molecule has 2 aliphatic rings. The topological polar surface area (TPSA) is 84.9 Å². The van der Waals surface area contributed by atoms with Crippen LogP contribution in [0.4, 0.5) is 11.4 Å². The van der Waals surface area contributed by atoms with Crippen molar-refractivity contribution in [1.29, 1.82) is 0 Å². The third-order valence-electron chi connectivity index (χ3n) is 5.28. The van der Waals surface area contributed by atoms with Crippen LogP contribution in [-0.2, 0) is 21.2 Å². The van der Waals surface area contributed by atoms with E-state index >= 15 is 0 Å². The van der Waals surface area contributed by atoms with Crippen LogP contribution in [0.5, 0.6) is 11.5 Å². The van der Waals surface area contributed by atoms with E-state index < -0.39 is 10.0 Å². The molecular weight excluding hydrogens is 484 g/mol. The first-order valence-electron chi connectivity index (χ1n) is 10.4. The van der Waals surface area contributed by atoms with Gasteiger partial charge in [0.05, 0.1) is 24.6 Å². The fourth-order valence-electron chi connectivity index (χ4n) is 3.77. The average Bonchev–Trinajstić information content (AvgIpc) is 3.49. The number of halogens is 1. The Morgan fingerprint density at radius 3 is 2.58 bits per heavy atom. The number of anilines is 2. The van der Waals surface area contributed by atoms with Crippen LogP contribution < -0.4 is 19.1 Å². The molecule has 2 aromatic carbocycles. The number of nitrogens with zero attached hydrogens (tertiary/aromatic N) is 1. The summed E-state index contributed by atoms with van der Waals surface area (Å²) in [6.07, 6.45) is 2.35. The van der Waals surface area contributed by atoms with Crippen LogP contribution in [0.25, 0.3) is 0 Å². The second-order valence-corrected chi connectivity index (χ2v) is 10.1. The monoisotopic (exact) mass is 508 g/mol. The molecule has 9 heteroatoms. The smallest absolute Gasteiger partial charge is 0.264 e. The molecule has 1 heterocycles. The van der Waals surface area contributed by atoms with Gasteiger partial charge in [0, 0.05) is 23.0 Å². The minimum absolute atomic E-state index is 0.00513. The standard InChI is InChI=1S/C22H25BrN2O5S/c1-3-29-17-7-8-19(30-4-2)18(13-17)24-31(27,28)20-12-16(23)11-15-9-10-25(21(15)20)22(26)14-5-6-14/h7-8,11-14,24H,3-6,9-10H2,1-2H3. The van der Waals surface area contributed by atoms with Crippen LogP contribution in [0.2, 0.25) is 0 Å². The van der Waals surface area contributed by atoms with E-state index in [9.17, 15) is 13.2 Å². The lowest BCUT2D eigenvalue weighted by molar-refractivity contribution is -0.119. The zero-order valence-corrected chi connectivity index (χ0v) is 19.9. The molecule has 31 heavy (non-hydrogen) atoms. The highest BCUT2D eigenvalue weighted by atomic mass is 79.9. The Labute approximate surface area is 190 Å². The molecule has 1 fully saturated rings. The van der Waals surface area contributed by atoms with Gasteiger partial charge in [0.25, 0.3) is 10.0 Å². The lowest BCUT2D eigenvalue weighted by Gasteiger charge is -2.21. The van der Waals surface area contributed by atoms with Gasteiger partial charge in [0.1, 0.15) is 16.4 Å². The average molecular weight is 509 g/mol. The molecule has 0 saturated heterocycles. The van der Waals surface area contributed by atoms with E-state index in [1.54, 1.807) is 29.2 Å². The molecule has 1 amide bonds. The SMILES string of the molecule is CCOc1ccc(OCC)c(NS(=O)(=O)c2cc(Br)cc3c2N(C(=O)C2CC2)CC3)c1. The van der Waals surface area contributed by atoms with Gasteiger partial charge in [-0.15, -0.1) is 0 Å². The van der Waals surface area contributed by atoms with Crippen LogP contribution in [0.1, 0.15) is 32.3 Å². The Balaban J connectivity index is 1.75. The van der Waals surface area contributed by atoms with Gasteiger partial charge in [0.2, 0.25) is 5.91 Å². The minimum atomic E-state index is -4.01. The van der Waals surface area contributed by atoms with Crippen LogP contribution in [0.3, 0.4) is 0 Å². The summed E-state index contributed by atoms with van der Waals surface area (Å²) in [6.45, 7) is 5.03. The molecule has 0 bridgehead atoms. The highest BCUT2D eigenvalue weighted by Crippen LogP contribution is 2.42. The first-order chi connectivity index (χ1) is 14.8. The molecule has 4 rings (SSSR count). The van der Waals surface area contributed by atoms with E-state index in [1.165, 1.54) is 0 Å². The number of benzene rings is 2. The molecule has 1 saturated carbocycles. The van der Waals surface area contributed by atoms with Crippen LogP contribution >= 0.6 is 15.9 Å². The number of hydrogen-bond donors (Lipinski definition) is 1. The number of carbonyl (C=O) groups is 1. The van der Waals surface area contributed by atoms with Gasteiger partial charge < -0.3 is 14.4 Å². The third kappa shape index (κ3) is 4.52. The van der Waals surface area contributed by atoms with Gasteiger partial charge in [-0.25, -0.2) is 8.42 Å². The Morgan fingerprint density at radius 2 is 1.90 bits per heavy atom. The molecular formula is C22H25BrN2O5S. The first-order valence-corrected chi connectivity index (χ1v) is 12.7. The molecule has 1 N–H and O–H groups in total. The zero-order valence-electron chi connectivity index (χ0n) is 17.5. The summed E-state index contributed by atoms with van der Waals surface area (Å²) in [5.41, 5.74) is 1.61. The van der Waals surface area contributed by atoms with Crippen molar-refractivity contribution in [3.8, 4) is 11.5 Å². The molecule has 0 spiro atoms. The molecule has 0 aromatic heterocycles. The van der Waals surface area contributed by atoms with Crippen molar-refractivity contribution in [2.75, 3.05) is 29.4 Å². The maximum atomic E-state index is 13.5. The van der Waals surface area contributed by atoms with Crippen molar-refractivity contribution in [3.63, 3.8) is 0 Å². The maximum absolute atomic E-state index is 13.5. The second-order valence-electron chi connectivity index (χ2n) is 7.56. The molecule has 166 valence electrons. The third-order valence-corrected chi connectivity index (χ3v) is 7.12. The number of ether oxygens (including phenoxy) is 2. The minimum Gasteiger partial charge on any atom is -0.494 e. The Bertz CT molecular complexity index is 1120. The number of sulfonamides is 1. The molecule has 0 radical (unpaired) electrons. The van der Waals surface area contributed by atoms with Gasteiger partial charge in [-0.05, 0) is 62.9 Å². The summed E-state index contributed by atoms with van der Waals surface area (Å²) >= 11 is 3.42. The van der Waals surface area contributed by atoms with Crippen molar-refractivity contribution in [2.24, 2.45) is 5.92 Å². The fraction of sp³-hybridized carbons (Fsp3) is 0.409. The van der Waals surface area contributed by atoms with Gasteiger partial charge in [-0.1, -0.05) is 15.9 Å². The first kappa shape index (κ1) is 22.0. The number of fused-ring (bicyclic) bond motifs is 1. The summed E-state index contributed by atoms with van der Waals surface area (Å²) in [7, 11) is -4.01. The van der Waals surface area contributed by atoms with Crippen LogP contribution in [0.15, 0.2) is 39.7 Å². The summed E-state index contributed by atoms with van der Waals surface area (Å²) < 4.78 is 41.5. The van der Waals surface area contributed by atoms with E-state index in [1.807, 2.05) is 19.9 Å². The van der Waals surface area contributed by atoms with Gasteiger partial charge in [-0.2, -0.15) is 0 Å². The van der Waals surface area contributed by atoms with E-state index in [-0.39, 0.29) is 16.7 Å². The van der Waals surface area contributed by atoms with Gasteiger partial charge in [-0.3, -0.25) is 9.52 Å². The summed E-state index contributed by atoms with van der Waals surface area (Å²) in [5, 5.41) is 0. The molecule has 1 aliphatic heterocycles. The van der Waals surface area contributed by atoms with E-state index in [2.05, 4.69) is 20.7 Å². The number of hydrogen-bond acceptors (Lipinski definition) is 5. The van der Waals surface area contributed by atoms with Crippen molar-refractivity contribution in [2.45, 2.75) is 38.0 Å². The number of amides is 1. The Hall–Kier alpha value is -2.26. The number of nitrogens with one attached hydrogen (secondary N) is 1. The summed E-state index contributed by atoms with van der Waals surface area (Å²) in [4.78, 5) is 14.5. The molecule has 0 atom stereocenters.